The number of nitrogens with one attached hydrogen (secondary N) is 1. The molecule has 0 aromatic carbocycles. The van der Waals surface area contributed by atoms with Crippen molar-refractivity contribution in [1.29, 1.82) is 0 Å². The van der Waals surface area contributed by atoms with Crippen molar-refractivity contribution < 1.29 is 42.9 Å². The van der Waals surface area contributed by atoms with Gasteiger partial charge in [0.25, 0.3) is 0 Å². The predicted octanol–water partition coefficient (Wildman–Crippen LogP) is -0.155. The van der Waals surface area contributed by atoms with Crippen LogP contribution in [0.3, 0.4) is 0 Å². The molecule has 0 spiro atoms. The fourth-order valence-electron chi connectivity index (χ4n) is 2.60. The highest BCUT2D eigenvalue weighted by molar-refractivity contribution is 5.73. The van der Waals surface area contributed by atoms with Crippen LogP contribution < -0.4 is 5.32 Å². The van der Waals surface area contributed by atoms with Crippen LogP contribution in [-0.4, -0.2) is 67.7 Å². The molecule has 0 unspecified atom stereocenters. The normalized spacial score (nSPS) is 27.2. The zero-order valence-electron chi connectivity index (χ0n) is 15.8. The van der Waals surface area contributed by atoms with Crippen LogP contribution in [-0.2, 0) is 42.9 Å². The molecule has 10 heteroatoms. The summed E-state index contributed by atoms with van der Waals surface area (Å²) in [5.74, 6) is -2.34. The van der Waals surface area contributed by atoms with Crippen LogP contribution in [0.15, 0.2) is 12.7 Å². The minimum absolute atomic E-state index is 0.0755. The van der Waals surface area contributed by atoms with E-state index in [1.54, 1.807) is 0 Å². The van der Waals surface area contributed by atoms with Gasteiger partial charge in [-0.15, -0.1) is 6.58 Å². The van der Waals surface area contributed by atoms with Gasteiger partial charge >= 0.3 is 17.9 Å². The van der Waals surface area contributed by atoms with Gasteiger partial charge in [-0.1, -0.05) is 6.08 Å². The lowest BCUT2D eigenvalue weighted by Gasteiger charge is -2.44. The summed E-state index contributed by atoms with van der Waals surface area (Å²) in [4.78, 5) is 46.0. The molecule has 5 atom stereocenters. The molecular weight excluding hydrogens is 362 g/mol. The number of hydrogen-bond donors (Lipinski definition) is 1. The summed E-state index contributed by atoms with van der Waals surface area (Å²) in [6.45, 7) is 8.16. The Morgan fingerprint density at radius 1 is 1.00 bits per heavy atom. The Morgan fingerprint density at radius 3 is 2.07 bits per heavy atom. The molecule has 0 bridgehead atoms. The van der Waals surface area contributed by atoms with Gasteiger partial charge in [0, 0.05) is 27.7 Å². The van der Waals surface area contributed by atoms with E-state index < -0.39 is 54.5 Å². The van der Waals surface area contributed by atoms with E-state index in [0.29, 0.717) is 0 Å². The Bertz CT molecular complexity index is 577. The lowest BCUT2D eigenvalue weighted by Crippen LogP contribution is -2.66. The molecule has 10 nitrogen and oxygen atoms in total. The summed E-state index contributed by atoms with van der Waals surface area (Å²) in [5, 5.41) is 2.59. The average Bonchev–Trinajstić information content (AvgIpc) is 2.54. The van der Waals surface area contributed by atoms with Gasteiger partial charge in [-0.3, -0.25) is 19.2 Å². The third-order valence-corrected chi connectivity index (χ3v) is 3.45. The first-order chi connectivity index (χ1) is 12.6. The maximum Gasteiger partial charge on any atom is 0.303 e. The van der Waals surface area contributed by atoms with Gasteiger partial charge in [0.2, 0.25) is 5.91 Å². The molecule has 1 amide bonds. The van der Waals surface area contributed by atoms with Gasteiger partial charge < -0.3 is 29.0 Å². The smallest absolute Gasteiger partial charge is 0.303 e. The van der Waals surface area contributed by atoms with Crippen LogP contribution >= 0.6 is 0 Å². The molecule has 1 aliphatic heterocycles. The monoisotopic (exact) mass is 387 g/mol. The third-order valence-electron chi connectivity index (χ3n) is 3.45. The first kappa shape index (κ1) is 22.6. The fraction of sp³-hybridized carbons (Fsp3) is 0.647. The topological polar surface area (TPSA) is 126 Å². The van der Waals surface area contributed by atoms with Gasteiger partial charge in [0.05, 0.1) is 6.61 Å². The highest BCUT2D eigenvalue weighted by Crippen LogP contribution is 2.27. The molecule has 152 valence electrons. The predicted molar refractivity (Wildman–Crippen MR) is 90.2 cm³/mol. The molecule has 1 aliphatic rings. The molecule has 0 aromatic rings. The van der Waals surface area contributed by atoms with Crippen LogP contribution in [0.2, 0.25) is 0 Å². The molecule has 1 fully saturated rings. The molecule has 1 N–H and O–H groups in total. The minimum atomic E-state index is -1.13. The van der Waals surface area contributed by atoms with E-state index in [2.05, 4.69) is 11.9 Å². The van der Waals surface area contributed by atoms with E-state index in [4.69, 9.17) is 23.7 Å². The van der Waals surface area contributed by atoms with Gasteiger partial charge in [0.15, 0.2) is 18.5 Å². The van der Waals surface area contributed by atoms with E-state index in [1.807, 2.05) is 0 Å². The van der Waals surface area contributed by atoms with Crippen molar-refractivity contribution in [2.45, 2.75) is 58.3 Å². The first-order valence-electron chi connectivity index (χ1n) is 8.28. The van der Waals surface area contributed by atoms with Crippen LogP contribution in [0.5, 0.6) is 0 Å². The number of hydrogen-bond acceptors (Lipinski definition) is 9. The van der Waals surface area contributed by atoms with E-state index in [9.17, 15) is 19.2 Å². The van der Waals surface area contributed by atoms with Gasteiger partial charge in [0.1, 0.15) is 18.8 Å². The van der Waals surface area contributed by atoms with E-state index in [1.165, 1.54) is 33.8 Å². The molecule has 0 aliphatic carbocycles. The van der Waals surface area contributed by atoms with Crippen molar-refractivity contribution in [3.05, 3.63) is 12.7 Å². The van der Waals surface area contributed by atoms with Crippen molar-refractivity contribution in [3.8, 4) is 0 Å². The third kappa shape index (κ3) is 7.35. The lowest BCUT2D eigenvalue weighted by atomic mass is 9.96. The van der Waals surface area contributed by atoms with Crippen molar-refractivity contribution in [1.82, 2.24) is 5.32 Å². The summed E-state index contributed by atoms with van der Waals surface area (Å²) in [5.41, 5.74) is 0. The van der Waals surface area contributed by atoms with Crippen LogP contribution in [0.1, 0.15) is 27.7 Å². The summed E-state index contributed by atoms with van der Waals surface area (Å²) in [7, 11) is 0. The van der Waals surface area contributed by atoms with Gasteiger partial charge in [-0.25, -0.2) is 0 Å². The maximum atomic E-state index is 11.6. The quantitative estimate of drug-likeness (QED) is 0.343. The molecule has 27 heavy (non-hydrogen) atoms. The standard InChI is InChI=1S/C17H25NO9/c1-6-7-23-17-14(18-9(2)19)16(26-12(5)22)15(25-11(4)21)13(27-17)8-24-10(3)20/h6,13-17H,1,7-8H2,2-5H3,(H,18,19)/t13-,14+,15+,16+,17+/m0/s1. The second kappa shape index (κ2) is 10.6. The second-order valence-electron chi connectivity index (χ2n) is 5.84. The first-order valence-corrected chi connectivity index (χ1v) is 8.28. The largest absolute Gasteiger partial charge is 0.463 e. The van der Waals surface area contributed by atoms with Crippen molar-refractivity contribution in [2.24, 2.45) is 0 Å². The molecular formula is C17H25NO9. The number of amides is 1. The lowest BCUT2D eigenvalue weighted by molar-refractivity contribution is -0.275. The Morgan fingerprint density at radius 2 is 1.59 bits per heavy atom. The number of carbonyl (C=O) groups is 4. The van der Waals surface area contributed by atoms with Crippen LogP contribution in [0.4, 0.5) is 0 Å². The van der Waals surface area contributed by atoms with E-state index in [-0.39, 0.29) is 13.2 Å². The SMILES string of the molecule is C=CCO[C@@H]1O[C@@H](COC(C)=O)[C@@H](OC(C)=O)[C@H](OC(C)=O)[C@H]1NC(C)=O. The number of esters is 3. The van der Waals surface area contributed by atoms with Gasteiger partial charge in [-0.2, -0.15) is 0 Å². The summed E-state index contributed by atoms with van der Waals surface area (Å²) in [6, 6.07) is -0.968. The molecule has 0 aromatic heterocycles. The maximum absolute atomic E-state index is 11.6. The Balaban J connectivity index is 3.24. The van der Waals surface area contributed by atoms with E-state index in [0.717, 1.165) is 0 Å². The molecule has 0 saturated carbocycles. The average molecular weight is 387 g/mol. The van der Waals surface area contributed by atoms with Crippen molar-refractivity contribution >= 4 is 23.8 Å². The molecule has 1 heterocycles. The molecule has 1 saturated heterocycles. The van der Waals surface area contributed by atoms with Gasteiger partial charge in [-0.05, 0) is 0 Å². The molecule has 1 rings (SSSR count). The molecule has 0 radical (unpaired) electrons. The van der Waals surface area contributed by atoms with Crippen LogP contribution in [0, 0.1) is 0 Å². The summed E-state index contributed by atoms with van der Waals surface area (Å²) < 4.78 is 26.8. The number of ether oxygens (including phenoxy) is 5. The second-order valence-corrected chi connectivity index (χ2v) is 5.84. The Kier molecular flexibility index (Phi) is 8.89. The Hall–Kier alpha value is -2.46. The summed E-state index contributed by atoms with van der Waals surface area (Å²) in [6.07, 6.45) is -2.84. The van der Waals surface area contributed by atoms with Crippen molar-refractivity contribution in [2.75, 3.05) is 13.2 Å². The van der Waals surface area contributed by atoms with E-state index >= 15 is 0 Å². The zero-order valence-corrected chi connectivity index (χ0v) is 15.8. The zero-order chi connectivity index (χ0) is 20.6. The fourth-order valence-corrected chi connectivity index (χ4v) is 2.60. The van der Waals surface area contributed by atoms with Crippen LogP contribution in [0.25, 0.3) is 0 Å². The Labute approximate surface area is 157 Å². The highest BCUT2D eigenvalue weighted by Gasteiger charge is 2.51. The minimum Gasteiger partial charge on any atom is -0.463 e. The number of carbonyl (C=O) groups excluding carboxylic acids is 4. The summed E-state index contributed by atoms with van der Waals surface area (Å²) >= 11 is 0. The van der Waals surface area contributed by atoms with Crippen molar-refractivity contribution in [3.63, 3.8) is 0 Å². The number of rotatable bonds is 8. The highest BCUT2D eigenvalue weighted by atomic mass is 16.7.